The highest BCUT2D eigenvalue weighted by molar-refractivity contribution is 7.85. The molecule has 0 unspecified atom stereocenters. The van der Waals surface area contributed by atoms with Gasteiger partial charge in [-0.3, -0.25) is 14.5 Å². The number of aryl methyl sites for hydroxylation is 1. The highest BCUT2D eigenvalue weighted by Crippen LogP contribution is 2.35. The number of methoxy groups -OCH3 is 1. The lowest BCUT2D eigenvalue weighted by Crippen LogP contribution is -2.33. The lowest BCUT2D eigenvalue weighted by atomic mass is 10.2. The van der Waals surface area contributed by atoms with E-state index in [-0.39, 0.29) is 17.5 Å². The minimum absolute atomic E-state index is 0.0666. The number of anilines is 2. The molecule has 0 aliphatic heterocycles. The molecule has 4 N–H and O–H groups in total. The summed E-state index contributed by atoms with van der Waals surface area (Å²) in [5.74, 6) is 1.46. The van der Waals surface area contributed by atoms with Crippen molar-refractivity contribution in [3.8, 4) is 5.75 Å². The Kier molecular flexibility index (Phi) is 10.4. The average molecular weight is 515 g/mol. The van der Waals surface area contributed by atoms with E-state index in [1.807, 2.05) is 37.3 Å². The molecule has 0 saturated heterocycles. The number of aromatic nitrogens is 1. The molecule has 11 heteroatoms. The standard InChI is InChI=1S/C16H16N4O2.C7H8O3S.C2H6O/c1-18-16(17)20(12-10-19-8-7-14(12)21-2)15-9-11-5-3-4-6-13(11)22-15;1-6-2-4-7(5-3-6)11(8,9)10;1-2-3/h3-10H,1-2H3,(H2,17,18);2-5H,1H3,(H,8,9,10);3H,2H2,1H3. The van der Waals surface area contributed by atoms with Crippen LogP contribution in [0.2, 0.25) is 0 Å². The molecular formula is C25H30N4O6S. The zero-order valence-corrected chi connectivity index (χ0v) is 21.3. The maximum absolute atomic E-state index is 10.5. The Morgan fingerprint density at radius 1 is 1.17 bits per heavy atom. The molecule has 0 fully saturated rings. The van der Waals surface area contributed by atoms with E-state index in [1.54, 1.807) is 56.6 Å². The summed E-state index contributed by atoms with van der Waals surface area (Å²) in [5, 5.41) is 8.55. The van der Waals surface area contributed by atoms with Gasteiger partial charge in [-0.25, -0.2) is 4.90 Å². The van der Waals surface area contributed by atoms with E-state index in [0.29, 0.717) is 17.3 Å². The lowest BCUT2D eigenvalue weighted by molar-refractivity contribution is 0.318. The third-order valence-electron chi connectivity index (χ3n) is 4.63. The van der Waals surface area contributed by atoms with Crippen LogP contribution in [0.3, 0.4) is 0 Å². The van der Waals surface area contributed by atoms with Gasteiger partial charge in [0.2, 0.25) is 11.8 Å². The van der Waals surface area contributed by atoms with Crippen molar-refractivity contribution in [3.63, 3.8) is 0 Å². The summed E-state index contributed by atoms with van der Waals surface area (Å²) in [6.07, 6.45) is 3.31. The highest BCUT2D eigenvalue weighted by atomic mass is 32.2. The van der Waals surface area contributed by atoms with Crippen LogP contribution >= 0.6 is 0 Å². The Morgan fingerprint density at radius 2 is 1.81 bits per heavy atom. The van der Waals surface area contributed by atoms with Gasteiger partial charge in [0, 0.05) is 37.4 Å². The van der Waals surface area contributed by atoms with Crippen LogP contribution < -0.4 is 15.4 Å². The number of fused-ring (bicyclic) bond motifs is 1. The molecule has 0 aliphatic rings. The van der Waals surface area contributed by atoms with Gasteiger partial charge < -0.3 is 20.0 Å². The van der Waals surface area contributed by atoms with Crippen LogP contribution in [-0.2, 0) is 10.1 Å². The number of para-hydroxylation sites is 1. The second-order valence-electron chi connectivity index (χ2n) is 7.19. The first-order valence-electron chi connectivity index (χ1n) is 10.8. The van der Waals surface area contributed by atoms with Gasteiger partial charge in [-0.15, -0.1) is 0 Å². The monoisotopic (exact) mass is 514 g/mol. The summed E-state index contributed by atoms with van der Waals surface area (Å²) in [4.78, 5) is 9.81. The normalized spacial score (nSPS) is 11.1. The molecule has 0 atom stereocenters. The van der Waals surface area contributed by atoms with Crippen LogP contribution in [-0.4, -0.2) is 49.8 Å². The van der Waals surface area contributed by atoms with E-state index >= 15 is 0 Å². The number of hydrogen-bond donors (Lipinski definition) is 3. The molecule has 0 aliphatic carbocycles. The van der Waals surface area contributed by atoms with Crippen LogP contribution in [0.5, 0.6) is 5.75 Å². The molecule has 192 valence electrons. The molecule has 2 aromatic carbocycles. The average Bonchev–Trinajstić information content (AvgIpc) is 3.28. The number of guanidine groups is 1. The maximum Gasteiger partial charge on any atom is 0.294 e. The van der Waals surface area contributed by atoms with Gasteiger partial charge in [0.1, 0.15) is 17.0 Å². The Hall–Kier alpha value is -3.93. The number of pyridine rings is 1. The molecule has 0 amide bonds. The third kappa shape index (κ3) is 7.54. The number of rotatable bonds is 4. The van der Waals surface area contributed by atoms with Gasteiger partial charge >= 0.3 is 0 Å². The molecule has 0 saturated carbocycles. The van der Waals surface area contributed by atoms with Crippen molar-refractivity contribution < 1.29 is 27.2 Å². The summed E-state index contributed by atoms with van der Waals surface area (Å²) in [6.45, 7) is 3.77. The molecule has 0 spiro atoms. The fourth-order valence-electron chi connectivity index (χ4n) is 2.96. The van der Waals surface area contributed by atoms with Crippen LogP contribution in [0.15, 0.2) is 87.4 Å². The number of aliphatic hydroxyl groups is 1. The summed E-state index contributed by atoms with van der Waals surface area (Å²) in [5.41, 5.74) is 8.45. The SMILES string of the molecule is CCO.CN=C(N)N(c1cc2ccccc2o1)c1cnccc1OC.Cc1ccc(S(=O)(=O)O)cc1. The summed E-state index contributed by atoms with van der Waals surface area (Å²) >= 11 is 0. The maximum atomic E-state index is 10.5. The molecule has 0 bridgehead atoms. The van der Waals surface area contributed by atoms with E-state index in [2.05, 4.69) is 9.98 Å². The van der Waals surface area contributed by atoms with Crippen molar-refractivity contribution >= 4 is 38.6 Å². The number of hydrogen-bond acceptors (Lipinski definition) is 7. The molecule has 4 aromatic rings. The summed E-state index contributed by atoms with van der Waals surface area (Å²) < 4.78 is 40.8. The smallest absolute Gasteiger partial charge is 0.294 e. The van der Waals surface area contributed by atoms with Crippen LogP contribution in [0.4, 0.5) is 11.6 Å². The first kappa shape index (κ1) is 28.3. The number of nitrogens with zero attached hydrogens (tertiary/aromatic N) is 3. The van der Waals surface area contributed by atoms with Gasteiger partial charge in [0.15, 0.2) is 0 Å². The highest BCUT2D eigenvalue weighted by Gasteiger charge is 2.21. The largest absolute Gasteiger partial charge is 0.494 e. The fourth-order valence-corrected chi connectivity index (χ4v) is 3.44. The molecule has 2 heterocycles. The lowest BCUT2D eigenvalue weighted by Gasteiger charge is -2.22. The Balaban J connectivity index is 0.000000273. The van der Waals surface area contributed by atoms with Crippen molar-refractivity contribution in [2.24, 2.45) is 10.7 Å². The number of aliphatic imine (C=N–C) groups is 1. The van der Waals surface area contributed by atoms with E-state index in [9.17, 15) is 8.42 Å². The van der Waals surface area contributed by atoms with E-state index in [4.69, 9.17) is 24.5 Å². The van der Waals surface area contributed by atoms with Gasteiger partial charge in [-0.2, -0.15) is 8.42 Å². The fraction of sp³-hybridized carbons (Fsp3) is 0.200. The zero-order valence-electron chi connectivity index (χ0n) is 20.5. The Bertz CT molecular complexity index is 1350. The van der Waals surface area contributed by atoms with E-state index in [1.165, 1.54) is 12.1 Å². The molecule has 10 nitrogen and oxygen atoms in total. The van der Waals surface area contributed by atoms with Crippen molar-refractivity contribution in [3.05, 3.63) is 78.6 Å². The molecule has 4 rings (SSSR count). The van der Waals surface area contributed by atoms with Gasteiger partial charge in [0.05, 0.1) is 18.2 Å². The zero-order chi connectivity index (χ0) is 26.7. The second-order valence-corrected chi connectivity index (χ2v) is 8.61. The predicted molar refractivity (Wildman–Crippen MR) is 140 cm³/mol. The number of nitrogens with two attached hydrogens (primary N) is 1. The molecule has 0 radical (unpaired) electrons. The van der Waals surface area contributed by atoms with Gasteiger partial charge in [0.25, 0.3) is 10.1 Å². The summed E-state index contributed by atoms with van der Waals surface area (Å²) in [7, 11) is -0.809. The topological polar surface area (TPSA) is 151 Å². The third-order valence-corrected chi connectivity index (χ3v) is 5.50. The minimum Gasteiger partial charge on any atom is -0.494 e. The van der Waals surface area contributed by atoms with Crippen molar-refractivity contribution in [2.45, 2.75) is 18.7 Å². The quantitative estimate of drug-likeness (QED) is 0.207. The van der Waals surface area contributed by atoms with Crippen LogP contribution in [0.1, 0.15) is 12.5 Å². The second kappa shape index (κ2) is 13.2. The van der Waals surface area contributed by atoms with Gasteiger partial charge in [-0.05, 0) is 32.0 Å². The number of benzene rings is 2. The number of ether oxygens (including phenoxy) is 1. The van der Waals surface area contributed by atoms with Gasteiger partial charge in [-0.1, -0.05) is 35.9 Å². The Labute approximate surface area is 210 Å². The predicted octanol–water partition coefficient (Wildman–Crippen LogP) is 4.16. The Morgan fingerprint density at radius 3 is 2.36 bits per heavy atom. The van der Waals surface area contributed by atoms with E-state index < -0.39 is 10.1 Å². The van der Waals surface area contributed by atoms with Crippen molar-refractivity contribution in [2.75, 3.05) is 25.7 Å². The van der Waals surface area contributed by atoms with Crippen molar-refractivity contribution in [1.82, 2.24) is 4.98 Å². The minimum atomic E-state index is -4.02. The van der Waals surface area contributed by atoms with Crippen LogP contribution in [0, 0.1) is 6.92 Å². The first-order chi connectivity index (χ1) is 17.2. The molecule has 36 heavy (non-hydrogen) atoms. The van der Waals surface area contributed by atoms with Crippen LogP contribution in [0.25, 0.3) is 11.0 Å². The number of furan rings is 1. The van der Waals surface area contributed by atoms with E-state index in [0.717, 1.165) is 16.5 Å². The number of aliphatic hydroxyl groups excluding tert-OH is 1. The first-order valence-corrected chi connectivity index (χ1v) is 12.2. The molecular weight excluding hydrogens is 484 g/mol. The molecule has 2 aromatic heterocycles. The summed E-state index contributed by atoms with van der Waals surface area (Å²) in [6, 6.07) is 17.4. The van der Waals surface area contributed by atoms with Crippen molar-refractivity contribution in [1.29, 1.82) is 0 Å².